The van der Waals surface area contributed by atoms with Crippen LogP contribution >= 0.6 is 0 Å². The van der Waals surface area contributed by atoms with Gasteiger partial charge < -0.3 is 4.90 Å². The number of Topliss-reactive ketones (excluding diaryl/α,β-unsaturated/α-hetero) is 1. The lowest BCUT2D eigenvalue weighted by Crippen LogP contribution is -2.29. The van der Waals surface area contributed by atoms with Crippen LogP contribution in [0.1, 0.15) is 21.5 Å². The molecule has 0 bridgehead atoms. The van der Waals surface area contributed by atoms with E-state index in [0.29, 0.717) is 16.8 Å². The Morgan fingerprint density at radius 3 is 2.33 bits per heavy atom. The Morgan fingerprint density at radius 2 is 1.67 bits per heavy atom. The second kappa shape index (κ2) is 4.77. The number of nitrogens with zero attached hydrogens (tertiary/aromatic N) is 1. The molecule has 1 aliphatic heterocycles. The number of aryl methyl sites for hydroxylation is 1. The number of amides is 1. The predicted molar refractivity (Wildman–Crippen MR) is 73.1 cm³/mol. The van der Waals surface area contributed by atoms with Crippen LogP contribution in [0, 0.1) is 18.6 Å². The van der Waals surface area contributed by atoms with E-state index >= 15 is 0 Å². The number of hydrogen-bond donors (Lipinski definition) is 0. The van der Waals surface area contributed by atoms with Gasteiger partial charge in [-0.3, -0.25) is 9.59 Å². The molecule has 1 amide bonds. The van der Waals surface area contributed by atoms with Gasteiger partial charge in [0.2, 0.25) is 0 Å². The molecule has 3 rings (SSSR count). The average molecular weight is 287 g/mol. The van der Waals surface area contributed by atoms with E-state index in [1.807, 2.05) is 6.92 Å². The molecule has 1 heterocycles. The summed E-state index contributed by atoms with van der Waals surface area (Å²) in [5.41, 5.74) is 1.97. The Kier molecular flexibility index (Phi) is 3.05. The minimum absolute atomic E-state index is 0.0463. The third-order valence-corrected chi connectivity index (χ3v) is 3.39. The Labute approximate surface area is 119 Å². The van der Waals surface area contributed by atoms with E-state index in [9.17, 15) is 18.4 Å². The molecule has 5 heteroatoms. The number of ketones is 1. The monoisotopic (exact) mass is 287 g/mol. The zero-order valence-electron chi connectivity index (χ0n) is 11.2. The molecule has 106 valence electrons. The van der Waals surface area contributed by atoms with Crippen LogP contribution in [-0.4, -0.2) is 11.7 Å². The molecule has 0 radical (unpaired) electrons. The molecule has 1 aliphatic rings. The normalized spacial score (nSPS) is 13.8. The minimum Gasteiger partial charge on any atom is -0.300 e. The second-order valence-electron chi connectivity index (χ2n) is 5.02. The first-order valence-corrected chi connectivity index (χ1v) is 6.37. The molecule has 0 spiro atoms. The number of rotatable bonds is 2. The fourth-order valence-electron chi connectivity index (χ4n) is 2.46. The Hall–Kier alpha value is -2.56. The van der Waals surface area contributed by atoms with E-state index in [-0.39, 0.29) is 6.54 Å². The van der Waals surface area contributed by atoms with Gasteiger partial charge in [-0.25, -0.2) is 8.78 Å². The van der Waals surface area contributed by atoms with E-state index in [1.54, 1.807) is 18.2 Å². The Morgan fingerprint density at radius 1 is 1.00 bits per heavy atom. The summed E-state index contributed by atoms with van der Waals surface area (Å²) >= 11 is 0. The Bertz CT molecular complexity index is 751. The summed E-state index contributed by atoms with van der Waals surface area (Å²) < 4.78 is 26.4. The smallest absolute Gasteiger partial charge is 0.299 e. The van der Waals surface area contributed by atoms with E-state index in [1.165, 1.54) is 4.90 Å². The maximum atomic E-state index is 13.2. The number of anilines is 1. The molecule has 2 aromatic rings. The predicted octanol–water partition coefficient (Wildman–Crippen LogP) is 3.00. The molecular weight excluding hydrogens is 276 g/mol. The van der Waals surface area contributed by atoms with Crippen molar-refractivity contribution in [1.29, 1.82) is 0 Å². The van der Waals surface area contributed by atoms with Crippen LogP contribution in [0.3, 0.4) is 0 Å². The summed E-state index contributed by atoms with van der Waals surface area (Å²) in [6.07, 6.45) is 0. The number of carbonyl (C=O) groups is 2. The van der Waals surface area contributed by atoms with Gasteiger partial charge in [0.1, 0.15) is 11.6 Å². The van der Waals surface area contributed by atoms with Crippen molar-refractivity contribution in [2.75, 3.05) is 4.90 Å². The first kappa shape index (κ1) is 13.4. The van der Waals surface area contributed by atoms with E-state index < -0.39 is 23.3 Å². The molecule has 2 aromatic carbocycles. The van der Waals surface area contributed by atoms with E-state index in [2.05, 4.69) is 0 Å². The molecule has 0 N–H and O–H groups in total. The molecule has 0 atom stereocenters. The first-order valence-electron chi connectivity index (χ1n) is 6.37. The molecule has 0 aliphatic carbocycles. The van der Waals surface area contributed by atoms with Crippen LogP contribution < -0.4 is 4.90 Å². The first-order chi connectivity index (χ1) is 9.95. The van der Waals surface area contributed by atoms with Gasteiger partial charge in [0, 0.05) is 6.07 Å². The van der Waals surface area contributed by atoms with Crippen molar-refractivity contribution in [2.24, 2.45) is 0 Å². The van der Waals surface area contributed by atoms with E-state index in [4.69, 9.17) is 0 Å². The van der Waals surface area contributed by atoms with Crippen molar-refractivity contribution in [1.82, 2.24) is 0 Å². The molecule has 0 saturated carbocycles. The van der Waals surface area contributed by atoms with Crippen LogP contribution in [0.4, 0.5) is 14.5 Å². The van der Waals surface area contributed by atoms with Crippen molar-refractivity contribution >= 4 is 17.4 Å². The maximum absolute atomic E-state index is 13.2. The van der Waals surface area contributed by atoms with Crippen molar-refractivity contribution < 1.29 is 18.4 Å². The van der Waals surface area contributed by atoms with Crippen LogP contribution in [0.5, 0.6) is 0 Å². The van der Waals surface area contributed by atoms with Gasteiger partial charge in [0.05, 0.1) is 17.8 Å². The highest BCUT2D eigenvalue weighted by atomic mass is 19.1. The maximum Gasteiger partial charge on any atom is 0.299 e. The van der Waals surface area contributed by atoms with Crippen molar-refractivity contribution in [3.05, 3.63) is 64.7 Å². The fraction of sp³-hybridized carbons (Fsp3) is 0.125. The van der Waals surface area contributed by atoms with Crippen LogP contribution in [0.2, 0.25) is 0 Å². The molecular formula is C16H11F2NO2. The number of benzene rings is 2. The van der Waals surface area contributed by atoms with E-state index in [0.717, 1.165) is 23.8 Å². The van der Waals surface area contributed by atoms with Gasteiger partial charge in [-0.05, 0) is 36.8 Å². The van der Waals surface area contributed by atoms with Crippen LogP contribution in [0.25, 0.3) is 0 Å². The molecule has 3 nitrogen and oxygen atoms in total. The standard InChI is InChI=1S/C16H11F2NO2/c1-9-2-3-14-13(4-9)15(20)16(21)19(14)8-10-5-11(17)7-12(18)6-10/h2-7H,8H2,1H3. The van der Waals surface area contributed by atoms with Crippen LogP contribution in [-0.2, 0) is 11.3 Å². The number of hydrogen-bond acceptors (Lipinski definition) is 2. The van der Waals surface area contributed by atoms with Gasteiger partial charge in [-0.15, -0.1) is 0 Å². The highest BCUT2D eigenvalue weighted by Crippen LogP contribution is 2.31. The van der Waals surface area contributed by atoms with Crippen molar-refractivity contribution in [3.8, 4) is 0 Å². The SMILES string of the molecule is Cc1ccc2c(c1)C(=O)C(=O)N2Cc1cc(F)cc(F)c1. The molecule has 0 saturated heterocycles. The van der Waals surface area contributed by atoms with Gasteiger partial charge >= 0.3 is 0 Å². The second-order valence-corrected chi connectivity index (χ2v) is 5.02. The largest absolute Gasteiger partial charge is 0.300 e. The number of fused-ring (bicyclic) bond motifs is 1. The molecule has 0 fully saturated rings. The average Bonchev–Trinajstić information content (AvgIpc) is 2.63. The lowest BCUT2D eigenvalue weighted by atomic mass is 10.1. The topological polar surface area (TPSA) is 37.4 Å². The number of halogens is 2. The van der Waals surface area contributed by atoms with Gasteiger partial charge in [-0.1, -0.05) is 11.6 Å². The molecule has 0 aromatic heterocycles. The summed E-state index contributed by atoms with van der Waals surface area (Å²) in [6.45, 7) is 1.78. The third kappa shape index (κ3) is 2.31. The van der Waals surface area contributed by atoms with Crippen molar-refractivity contribution in [3.63, 3.8) is 0 Å². The zero-order valence-corrected chi connectivity index (χ0v) is 11.2. The minimum atomic E-state index is -0.716. The fourth-order valence-corrected chi connectivity index (χ4v) is 2.46. The summed E-state index contributed by atoms with van der Waals surface area (Å²) in [4.78, 5) is 25.2. The molecule has 0 unspecified atom stereocenters. The summed E-state index contributed by atoms with van der Waals surface area (Å²) in [5.74, 6) is -2.70. The lowest BCUT2D eigenvalue weighted by molar-refractivity contribution is -0.114. The molecule has 21 heavy (non-hydrogen) atoms. The quantitative estimate of drug-likeness (QED) is 0.796. The Balaban J connectivity index is 2.00. The van der Waals surface area contributed by atoms with Gasteiger partial charge in [0.25, 0.3) is 11.7 Å². The highest BCUT2D eigenvalue weighted by molar-refractivity contribution is 6.52. The number of carbonyl (C=O) groups excluding carboxylic acids is 2. The lowest BCUT2D eigenvalue weighted by Gasteiger charge is -2.16. The third-order valence-electron chi connectivity index (χ3n) is 3.39. The van der Waals surface area contributed by atoms with Gasteiger partial charge in [-0.2, -0.15) is 0 Å². The van der Waals surface area contributed by atoms with Crippen molar-refractivity contribution in [2.45, 2.75) is 13.5 Å². The van der Waals surface area contributed by atoms with Gasteiger partial charge in [0.15, 0.2) is 0 Å². The summed E-state index contributed by atoms with van der Waals surface area (Å²) in [6, 6.07) is 8.15. The van der Waals surface area contributed by atoms with Crippen LogP contribution in [0.15, 0.2) is 36.4 Å². The zero-order chi connectivity index (χ0) is 15.1. The highest BCUT2D eigenvalue weighted by Gasteiger charge is 2.35. The summed E-state index contributed by atoms with van der Waals surface area (Å²) in [7, 11) is 0. The summed E-state index contributed by atoms with van der Waals surface area (Å²) in [5, 5.41) is 0.